The average Bonchev–Trinajstić information content (AvgIpc) is 2.92. The van der Waals surface area contributed by atoms with Crippen molar-refractivity contribution in [1.82, 2.24) is 10.2 Å². The molecule has 5 nitrogen and oxygen atoms in total. The number of carbonyl (C=O) groups excluding carboxylic acids is 1. The molecule has 0 aromatic heterocycles. The number of hydrogen-bond acceptors (Lipinski definition) is 3. The Hall–Kier alpha value is -3.99. The molecule has 0 radical (unpaired) electrons. The Morgan fingerprint density at radius 1 is 0.976 bits per heavy atom. The Labute approximate surface area is 237 Å². The van der Waals surface area contributed by atoms with E-state index in [0.717, 1.165) is 18.2 Å². The minimum Gasteiger partial charge on any atom is -0.466 e. The first kappa shape index (κ1) is 30.0. The molecule has 0 aliphatic carbocycles. The third-order valence-corrected chi connectivity index (χ3v) is 6.78. The number of hydrogen-bond donors (Lipinski definition) is 1. The number of methoxy groups -OCH3 is 1. The first-order chi connectivity index (χ1) is 19.3. The minimum atomic E-state index is -4.60. The van der Waals surface area contributed by atoms with Gasteiger partial charge in [0.25, 0.3) is 0 Å². The van der Waals surface area contributed by atoms with Gasteiger partial charge in [-0.05, 0) is 53.9 Å². The predicted octanol–water partition coefficient (Wildman–Crippen LogP) is 7.53. The Kier molecular flexibility index (Phi) is 8.67. The second kappa shape index (κ2) is 11.9. The van der Waals surface area contributed by atoms with Crippen LogP contribution in [0.25, 0.3) is 0 Å². The molecule has 0 bridgehead atoms. The summed E-state index contributed by atoms with van der Waals surface area (Å²) in [6, 6.07) is 15.3. The van der Waals surface area contributed by atoms with Crippen molar-refractivity contribution < 1.29 is 35.9 Å². The summed E-state index contributed by atoms with van der Waals surface area (Å²) in [6.07, 6.45) is -9.13. The Bertz CT molecular complexity index is 1480. The molecule has 41 heavy (non-hydrogen) atoms. The number of esters is 1. The number of nitrogens with zero attached hydrogens (tertiary/aromatic N) is 2. The summed E-state index contributed by atoms with van der Waals surface area (Å²) in [5.41, 5.74) is -0.228. The zero-order chi connectivity index (χ0) is 29.9. The van der Waals surface area contributed by atoms with Crippen molar-refractivity contribution in [2.24, 2.45) is 4.99 Å². The van der Waals surface area contributed by atoms with E-state index in [1.807, 2.05) is 0 Å². The maximum absolute atomic E-state index is 13.6. The van der Waals surface area contributed by atoms with E-state index in [1.54, 1.807) is 31.2 Å². The number of benzene rings is 3. The maximum Gasteiger partial charge on any atom is 0.416 e. The summed E-state index contributed by atoms with van der Waals surface area (Å²) in [6.45, 7) is 1.19. The SMILES string of the molecule is COC(=O)C1=C(C)N(Cc2ccc(C(F)(F)F)cc2)C(=NCc2ccccc2C(F)(F)F)NC1c1cccc(Cl)c1. The molecule has 1 aliphatic heterocycles. The first-order valence-corrected chi connectivity index (χ1v) is 12.6. The van der Waals surface area contributed by atoms with Gasteiger partial charge in [-0.3, -0.25) is 0 Å². The van der Waals surface area contributed by atoms with Gasteiger partial charge in [-0.25, -0.2) is 9.79 Å². The molecule has 3 aromatic carbocycles. The molecule has 1 N–H and O–H groups in total. The molecule has 12 heteroatoms. The molecule has 1 aliphatic rings. The quantitative estimate of drug-likeness (QED) is 0.236. The van der Waals surface area contributed by atoms with Crippen LogP contribution >= 0.6 is 11.6 Å². The molecule has 1 heterocycles. The standard InChI is InChI=1S/C29H24ClF6N3O2/c1-17-24(26(40)41-2)25(19-7-5-8-22(30)14-19)38-27(37-15-20-6-3-4-9-23(20)29(34,35)36)39(17)16-18-10-12-21(13-11-18)28(31,32)33/h3-14,25H,15-16H2,1-2H3,(H,37,38). The Morgan fingerprint density at radius 3 is 2.27 bits per heavy atom. The van der Waals surface area contributed by atoms with Crippen molar-refractivity contribution in [2.75, 3.05) is 7.11 Å². The highest BCUT2D eigenvalue weighted by atomic mass is 35.5. The molecule has 3 aromatic rings. The van der Waals surface area contributed by atoms with Gasteiger partial charge in [0.1, 0.15) is 0 Å². The van der Waals surface area contributed by atoms with Gasteiger partial charge in [-0.1, -0.05) is 54.1 Å². The smallest absolute Gasteiger partial charge is 0.416 e. The number of guanidine groups is 1. The predicted molar refractivity (Wildman–Crippen MR) is 142 cm³/mol. The highest BCUT2D eigenvalue weighted by molar-refractivity contribution is 6.30. The van der Waals surface area contributed by atoms with Crippen LogP contribution in [0.4, 0.5) is 26.3 Å². The number of aliphatic imine (C=N–C) groups is 1. The van der Waals surface area contributed by atoms with Gasteiger partial charge in [0.15, 0.2) is 5.96 Å². The zero-order valence-electron chi connectivity index (χ0n) is 21.8. The molecule has 0 spiro atoms. The number of alkyl halides is 6. The monoisotopic (exact) mass is 595 g/mol. The number of halogens is 7. The van der Waals surface area contributed by atoms with Gasteiger partial charge in [-0.2, -0.15) is 26.3 Å². The number of rotatable bonds is 6. The molecule has 1 atom stereocenters. The Morgan fingerprint density at radius 2 is 1.66 bits per heavy atom. The largest absolute Gasteiger partial charge is 0.466 e. The van der Waals surface area contributed by atoms with Gasteiger partial charge in [0, 0.05) is 10.7 Å². The lowest BCUT2D eigenvalue weighted by Crippen LogP contribution is -2.48. The average molecular weight is 596 g/mol. The Balaban J connectivity index is 1.82. The van der Waals surface area contributed by atoms with E-state index in [1.165, 1.54) is 42.3 Å². The van der Waals surface area contributed by atoms with Crippen LogP contribution in [0.1, 0.15) is 40.8 Å². The normalized spacial score (nSPS) is 17.0. The molecule has 0 saturated carbocycles. The molecule has 1 unspecified atom stereocenters. The van der Waals surface area contributed by atoms with E-state index in [9.17, 15) is 31.1 Å². The van der Waals surface area contributed by atoms with Gasteiger partial charge < -0.3 is 15.0 Å². The van der Waals surface area contributed by atoms with E-state index < -0.39 is 35.5 Å². The van der Waals surface area contributed by atoms with Crippen molar-refractivity contribution in [3.8, 4) is 0 Å². The second-order valence-corrected chi connectivity index (χ2v) is 9.64. The van der Waals surface area contributed by atoms with Gasteiger partial charge in [0.05, 0.1) is 42.9 Å². The number of nitrogens with one attached hydrogen (secondary N) is 1. The van der Waals surface area contributed by atoms with E-state index >= 15 is 0 Å². The number of carbonyl (C=O) groups is 1. The summed E-state index contributed by atoms with van der Waals surface area (Å²) in [5.74, 6) is -0.573. The fourth-order valence-corrected chi connectivity index (χ4v) is 4.70. The van der Waals surface area contributed by atoms with Crippen molar-refractivity contribution in [2.45, 2.75) is 38.4 Å². The van der Waals surface area contributed by atoms with Crippen LogP contribution in [-0.2, 0) is 35.0 Å². The van der Waals surface area contributed by atoms with Gasteiger partial charge >= 0.3 is 18.3 Å². The fraction of sp³-hybridized carbons (Fsp3) is 0.241. The molecular weight excluding hydrogens is 572 g/mol. The first-order valence-electron chi connectivity index (χ1n) is 12.2. The summed E-state index contributed by atoms with van der Waals surface area (Å²) >= 11 is 6.19. The van der Waals surface area contributed by atoms with E-state index in [0.29, 0.717) is 21.8 Å². The lowest BCUT2D eigenvalue weighted by molar-refractivity contribution is -0.138. The lowest BCUT2D eigenvalue weighted by atomic mass is 9.94. The van der Waals surface area contributed by atoms with Crippen LogP contribution in [0.5, 0.6) is 0 Å². The van der Waals surface area contributed by atoms with Crippen LogP contribution in [0.3, 0.4) is 0 Å². The molecule has 0 fully saturated rings. The number of allylic oxidation sites excluding steroid dienone is 1. The summed E-state index contributed by atoms with van der Waals surface area (Å²) in [5, 5.41) is 3.51. The van der Waals surface area contributed by atoms with Crippen LogP contribution in [-0.4, -0.2) is 23.9 Å². The van der Waals surface area contributed by atoms with Crippen LogP contribution in [0, 0.1) is 0 Å². The zero-order valence-corrected chi connectivity index (χ0v) is 22.5. The highest BCUT2D eigenvalue weighted by Crippen LogP contribution is 2.35. The fourth-order valence-electron chi connectivity index (χ4n) is 4.50. The summed E-state index contributed by atoms with van der Waals surface area (Å²) in [4.78, 5) is 19.0. The van der Waals surface area contributed by atoms with E-state index in [-0.39, 0.29) is 30.2 Å². The number of ether oxygens (including phenoxy) is 1. The van der Waals surface area contributed by atoms with Crippen molar-refractivity contribution in [3.05, 3.63) is 117 Å². The third kappa shape index (κ3) is 6.84. The summed E-state index contributed by atoms with van der Waals surface area (Å²) < 4.78 is 85.2. The van der Waals surface area contributed by atoms with Crippen molar-refractivity contribution >= 4 is 23.5 Å². The van der Waals surface area contributed by atoms with Gasteiger partial charge in [0.2, 0.25) is 0 Å². The summed E-state index contributed by atoms with van der Waals surface area (Å²) in [7, 11) is 1.20. The maximum atomic E-state index is 13.6. The van der Waals surface area contributed by atoms with Gasteiger partial charge in [-0.15, -0.1) is 0 Å². The van der Waals surface area contributed by atoms with E-state index in [4.69, 9.17) is 16.3 Å². The highest BCUT2D eigenvalue weighted by Gasteiger charge is 2.37. The molecule has 216 valence electrons. The van der Waals surface area contributed by atoms with Crippen LogP contribution in [0.15, 0.2) is 89.1 Å². The van der Waals surface area contributed by atoms with Crippen LogP contribution in [0.2, 0.25) is 5.02 Å². The van der Waals surface area contributed by atoms with Crippen molar-refractivity contribution in [3.63, 3.8) is 0 Å². The third-order valence-electron chi connectivity index (χ3n) is 6.54. The topological polar surface area (TPSA) is 53.9 Å². The van der Waals surface area contributed by atoms with Crippen LogP contribution < -0.4 is 5.32 Å². The molecule has 4 rings (SSSR count). The molecule has 0 saturated heterocycles. The van der Waals surface area contributed by atoms with E-state index in [2.05, 4.69) is 10.3 Å². The second-order valence-electron chi connectivity index (χ2n) is 9.20. The van der Waals surface area contributed by atoms with Crippen molar-refractivity contribution in [1.29, 1.82) is 0 Å². The molecular formula is C29H24ClF6N3O2. The minimum absolute atomic E-state index is 0.0422. The molecule has 0 amide bonds. The lowest BCUT2D eigenvalue weighted by Gasteiger charge is -2.38.